The Balaban J connectivity index is 2.25. The molecule has 17 heavy (non-hydrogen) atoms. The van der Waals surface area contributed by atoms with Crippen LogP contribution in [-0.4, -0.2) is 25.2 Å². The molecule has 0 spiro atoms. The zero-order chi connectivity index (χ0) is 12.3. The molecule has 0 aliphatic heterocycles. The molecular formula is C13H22N2OS. The van der Waals surface area contributed by atoms with Crippen LogP contribution >= 0.6 is 11.3 Å². The Kier molecular flexibility index (Phi) is 4.17. The zero-order valence-corrected chi connectivity index (χ0v) is 11.8. The SMILES string of the molecule is CCCNC(COC)(c1nc(C)cs1)C1CC1. The fourth-order valence-corrected chi connectivity index (χ4v) is 3.38. The first kappa shape index (κ1) is 13.0. The van der Waals surface area contributed by atoms with Crippen LogP contribution in [-0.2, 0) is 10.3 Å². The van der Waals surface area contributed by atoms with Crippen LogP contribution in [0.1, 0.15) is 36.9 Å². The average Bonchev–Trinajstić information content (AvgIpc) is 3.08. The summed E-state index contributed by atoms with van der Waals surface area (Å²) in [6.07, 6.45) is 3.72. The van der Waals surface area contributed by atoms with Crippen molar-refractivity contribution >= 4 is 11.3 Å². The van der Waals surface area contributed by atoms with E-state index in [2.05, 4.69) is 24.5 Å². The smallest absolute Gasteiger partial charge is 0.116 e. The van der Waals surface area contributed by atoms with Crippen molar-refractivity contribution in [3.05, 3.63) is 16.1 Å². The molecule has 1 atom stereocenters. The van der Waals surface area contributed by atoms with Crippen LogP contribution in [0.4, 0.5) is 0 Å². The highest BCUT2D eigenvalue weighted by Crippen LogP contribution is 2.46. The Hall–Kier alpha value is -0.450. The highest BCUT2D eigenvalue weighted by atomic mass is 32.1. The molecule has 1 fully saturated rings. The summed E-state index contributed by atoms with van der Waals surface area (Å²) in [5.74, 6) is 0.694. The molecule has 1 unspecified atom stereocenters. The Labute approximate surface area is 108 Å². The number of rotatable bonds is 7. The number of nitrogens with one attached hydrogen (secondary N) is 1. The Bertz CT molecular complexity index is 362. The lowest BCUT2D eigenvalue weighted by Gasteiger charge is -2.32. The number of aromatic nitrogens is 1. The van der Waals surface area contributed by atoms with Gasteiger partial charge in [0.05, 0.1) is 12.1 Å². The number of aryl methyl sites for hydroxylation is 1. The lowest BCUT2D eigenvalue weighted by atomic mass is 9.94. The van der Waals surface area contributed by atoms with Gasteiger partial charge in [-0.05, 0) is 38.6 Å². The van der Waals surface area contributed by atoms with Crippen LogP contribution in [0.25, 0.3) is 0 Å². The van der Waals surface area contributed by atoms with Gasteiger partial charge in [0, 0.05) is 18.2 Å². The van der Waals surface area contributed by atoms with Crippen molar-refractivity contribution in [3.8, 4) is 0 Å². The van der Waals surface area contributed by atoms with E-state index < -0.39 is 0 Å². The first-order valence-corrected chi connectivity index (χ1v) is 7.27. The van der Waals surface area contributed by atoms with Crippen LogP contribution in [0.3, 0.4) is 0 Å². The first-order chi connectivity index (χ1) is 8.23. The minimum atomic E-state index is -0.0380. The second kappa shape index (κ2) is 5.46. The van der Waals surface area contributed by atoms with Crippen LogP contribution < -0.4 is 5.32 Å². The lowest BCUT2D eigenvalue weighted by molar-refractivity contribution is 0.0925. The molecule has 0 radical (unpaired) electrons. The number of hydrogen-bond donors (Lipinski definition) is 1. The third-order valence-corrected chi connectivity index (χ3v) is 4.48. The van der Waals surface area contributed by atoms with Gasteiger partial charge in [0.1, 0.15) is 5.01 Å². The van der Waals surface area contributed by atoms with E-state index >= 15 is 0 Å². The molecular weight excluding hydrogens is 232 g/mol. The van der Waals surface area contributed by atoms with Gasteiger partial charge in [-0.2, -0.15) is 0 Å². The maximum Gasteiger partial charge on any atom is 0.116 e. The van der Waals surface area contributed by atoms with E-state index in [1.807, 2.05) is 0 Å². The summed E-state index contributed by atoms with van der Waals surface area (Å²) >= 11 is 1.76. The zero-order valence-electron chi connectivity index (χ0n) is 11.0. The molecule has 1 aliphatic rings. The second-order valence-corrected chi connectivity index (χ2v) is 5.76. The Morgan fingerprint density at radius 1 is 1.59 bits per heavy atom. The fraction of sp³-hybridized carbons (Fsp3) is 0.769. The Morgan fingerprint density at radius 2 is 2.35 bits per heavy atom. The van der Waals surface area contributed by atoms with Gasteiger partial charge in [0.15, 0.2) is 0 Å². The normalized spacial score (nSPS) is 19.2. The molecule has 4 heteroatoms. The van der Waals surface area contributed by atoms with E-state index in [0.29, 0.717) is 5.92 Å². The average molecular weight is 254 g/mol. The Morgan fingerprint density at radius 3 is 2.82 bits per heavy atom. The van der Waals surface area contributed by atoms with E-state index in [9.17, 15) is 0 Å². The molecule has 0 saturated heterocycles. The minimum Gasteiger partial charge on any atom is -0.382 e. The van der Waals surface area contributed by atoms with Crippen LogP contribution in [0.15, 0.2) is 5.38 Å². The molecule has 1 aromatic heterocycles. The number of nitrogens with zero attached hydrogens (tertiary/aromatic N) is 1. The summed E-state index contributed by atoms with van der Waals surface area (Å²) in [6.45, 7) is 6.01. The van der Waals surface area contributed by atoms with Gasteiger partial charge in [-0.1, -0.05) is 6.92 Å². The maximum atomic E-state index is 5.47. The van der Waals surface area contributed by atoms with Crippen LogP contribution in [0.2, 0.25) is 0 Å². The summed E-state index contributed by atoms with van der Waals surface area (Å²) < 4.78 is 5.47. The number of methoxy groups -OCH3 is 1. The third-order valence-electron chi connectivity index (χ3n) is 3.34. The van der Waals surface area contributed by atoms with Crippen molar-refractivity contribution in [2.24, 2.45) is 5.92 Å². The first-order valence-electron chi connectivity index (χ1n) is 6.39. The standard InChI is InChI=1S/C13H22N2OS/c1-4-7-14-13(9-16-3,11-5-6-11)12-15-10(2)8-17-12/h8,11,14H,4-7,9H2,1-3H3. The van der Waals surface area contributed by atoms with Gasteiger partial charge in [-0.25, -0.2) is 4.98 Å². The van der Waals surface area contributed by atoms with E-state index in [1.165, 1.54) is 17.8 Å². The highest BCUT2D eigenvalue weighted by Gasteiger charge is 2.48. The van der Waals surface area contributed by atoms with Gasteiger partial charge < -0.3 is 10.1 Å². The van der Waals surface area contributed by atoms with Gasteiger partial charge in [0.2, 0.25) is 0 Å². The summed E-state index contributed by atoms with van der Waals surface area (Å²) in [5.41, 5.74) is 1.08. The molecule has 96 valence electrons. The van der Waals surface area contributed by atoms with Crippen molar-refractivity contribution in [3.63, 3.8) is 0 Å². The molecule has 1 N–H and O–H groups in total. The summed E-state index contributed by atoms with van der Waals surface area (Å²) in [7, 11) is 1.78. The van der Waals surface area contributed by atoms with Gasteiger partial charge in [-0.3, -0.25) is 0 Å². The number of thiazole rings is 1. The monoisotopic (exact) mass is 254 g/mol. The predicted octanol–water partition coefficient (Wildman–Crippen LogP) is 2.70. The van der Waals surface area contributed by atoms with Crippen molar-refractivity contribution in [1.82, 2.24) is 10.3 Å². The molecule has 2 rings (SSSR count). The predicted molar refractivity (Wildman–Crippen MR) is 71.4 cm³/mol. The minimum absolute atomic E-state index is 0.0380. The summed E-state index contributed by atoms with van der Waals surface area (Å²) in [5, 5.41) is 7.03. The molecule has 1 heterocycles. The van der Waals surface area contributed by atoms with E-state index in [0.717, 1.165) is 25.3 Å². The lowest BCUT2D eigenvalue weighted by Crippen LogP contribution is -2.48. The van der Waals surface area contributed by atoms with E-state index in [-0.39, 0.29) is 5.54 Å². The number of ether oxygens (including phenoxy) is 1. The summed E-state index contributed by atoms with van der Waals surface area (Å²) in [6, 6.07) is 0. The van der Waals surface area contributed by atoms with Gasteiger partial charge in [0.25, 0.3) is 0 Å². The second-order valence-electron chi connectivity index (χ2n) is 4.90. The quantitative estimate of drug-likeness (QED) is 0.812. The van der Waals surface area contributed by atoms with Crippen molar-refractivity contribution in [2.75, 3.05) is 20.3 Å². The van der Waals surface area contributed by atoms with Gasteiger partial charge >= 0.3 is 0 Å². The summed E-state index contributed by atoms with van der Waals surface area (Å²) in [4.78, 5) is 4.69. The maximum absolute atomic E-state index is 5.47. The molecule has 1 saturated carbocycles. The van der Waals surface area contributed by atoms with Crippen molar-refractivity contribution in [1.29, 1.82) is 0 Å². The molecule has 1 aromatic rings. The third kappa shape index (κ3) is 2.69. The number of hydrogen-bond acceptors (Lipinski definition) is 4. The van der Waals surface area contributed by atoms with E-state index in [1.54, 1.807) is 18.4 Å². The van der Waals surface area contributed by atoms with Crippen molar-refractivity contribution < 1.29 is 4.74 Å². The molecule has 0 amide bonds. The van der Waals surface area contributed by atoms with E-state index in [4.69, 9.17) is 9.72 Å². The molecule has 0 bridgehead atoms. The molecule has 3 nitrogen and oxygen atoms in total. The molecule has 0 aromatic carbocycles. The van der Waals surface area contributed by atoms with Crippen LogP contribution in [0, 0.1) is 12.8 Å². The molecule has 1 aliphatic carbocycles. The van der Waals surface area contributed by atoms with Crippen molar-refractivity contribution in [2.45, 2.75) is 38.6 Å². The topological polar surface area (TPSA) is 34.1 Å². The fourth-order valence-electron chi connectivity index (χ4n) is 2.34. The largest absolute Gasteiger partial charge is 0.382 e. The van der Waals surface area contributed by atoms with Crippen LogP contribution in [0.5, 0.6) is 0 Å². The highest BCUT2D eigenvalue weighted by molar-refractivity contribution is 7.09. The van der Waals surface area contributed by atoms with Gasteiger partial charge in [-0.15, -0.1) is 11.3 Å².